The van der Waals surface area contributed by atoms with Crippen LogP contribution < -0.4 is 15.4 Å². The van der Waals surface area contributed by atoms with Gasteiger partial charge in [0.1, 0.15) is 5.82 Å². The Bertz CT molecular complexity index is 732. The first kappa shape index (κ1) is 17.4. The molecule has 7 heteroatoms. The Morgan fingerprint density at radius 3 is 2.25 bits per heavy atom. The van der Waals surface area contributed by atoms with E-state index < -0.39 is 11.7 Å². The van der Waals surface area contributed by atoms with Gasteiger partial charge in [-0.2, -0.15) is 0 Å². The zero-order valence-electron chi connectivity index (χ0n) is 13.4. The van der Waals surface area contributed by atoms with E-state index in [0.717, 1.165) is 0 Å². The highest BCUT2D eigenvalue weighted by molar-refractivity contribution is 5.95. The largest absolute Gasteiger partial charge is 0.481 e. The zero-order chi connectivity index (χ0) is 17.5. The van der Waals surface area contributed by atoms with Gasteiger partial charge in [0.05, 0.1) is 12.7 Å². The van der Waals surface area contributed by atoms with Gasteiger partial charge in [-0.05, 0) is 30.7 Å². The van der Waals surface area contributed by atoms with Crippen LogP contribution in [0.2, 0.25) is 0 Å². The van der Waals surface area contributed by atoms with E-state index in [1.165, 1.54) is 19.4 Å². The Morgan fingerprint density at radius 2 is 1.71 bits per heavy atom. The van der Waals surface area contributed by atoms with Crippen molar-refractivity contribution in [1.82, 2.24) is 15.6 Å². The third-order valence-corrected chi connectivity index (χ3v) is 3.34. The Hall–Kier alpha value is -2.96. The number of aromatic nitrogens is 1. The minimum atomic E-state index is -0.428. The van der Waals surface area contributed by atoms with Crippen LogP contribution in [0.1, 0.15) is 26.3 Å². The number of amides is 2. The van der Waals surface area contributed by atoms with E-state index in [1.807, 2.05) is 0 Å². The number of rotatable bonds is 6. The molecule has 2 amide bonds. The van der Waals surface area contributed by atoms with Gasteiger partial charge in [-0.3, -0.25) is 9.59 Å². The summed E-state index contributed by atoms with van der Waals surface area (Å²) >= 11 is 0. The quantitative estimate of drug-likeness (QED) is 0.790. The predicted octanol–water partition coefficient (Wildman–Crippen LogP) is 1.70. The lowest BCUT2D eigenvalue weighted by Gasteiger charge is -2.08. The SMILES string of the molecule is COc1ccc(C(=O)NCCNC(=O)c2ccc(C)c(F)c2)cn1. The average Bonchev–Trinajstić information content (AvgIpc) is 2.60. The highest BCUT2D eigenvalue weighted by Crippen LogP contribution is 2.09. The van der Waals surface area contributed by atoms with Crippen LogP contribution in [-0.4, -0.2) is 37.0 Å². The molecule has 126 valence electrons. The van der Waals surface area contributed by atoms with Gasteiger partial charge >= 0.3 is 0 Å². The fraction of sp³-hybridized carbons (Fsp3) is 0.235. The first-order chi connectivity index (χ1) is 11.5. The van der Waals surface area contributed by atoms with Gasteiger partial charge in [-0.25, -0.2) is 9.37 Å². The smallest absolute Gasteiger partial charge is 0.252 e. The molecular formula is C17H18FN3O3. The van der Waals surface area contributed by atoms with Crippen molar-refractivity contribution in [2.45, 2.75) is 6.92 Å². The molecule has 2 N–H and O–H groups in total. The van der Waals surface area contributed by atoms with E-state index >= 15 is 0 Å². The van der Waals surface area contributed by atoms with Crippen LogP contribution in [-0.2, 0) is 0 Å². The van der Waals surface area contributed by atoms with Crippen molar-refractivity contribution in [3.05, 3.63) is 59.0 Å². The number of hydrogen-bond donors (Lipinski definition) is 2. The van der Waals surface area contributed by atoms with E-state index in [2.05, 4.69) is 15.6 Å². The van der Waals surface area contributed by atoms with Crippen LogP contribution in [0.4, 0.5) is 4.39 Å². The first-order valence-electron chi connectivity index (χ1n) is 7.34. The molecule has 0 saturated heterocycles. The lowest BCUT2D eigenvalue weighted by atomic mass is 10.1. The van der Waals surface area contributed by atoms with Crippen molar-refractivity contribution in [2.24, 2.45) is 0 Å². The summed E-state index contributed by atoms with van der Waals surface area (Å²) < 4.78 is 18.3. The van der Waals surface area contributed by atoms with E-state index in [4.69, 9.17) is 4.74 Å². The van der Waals surface area contributed by atoms with Crippen molar-refractivity contribution >= 4 is 11.8 Å². The fourth-order valence-electron chi connectivity index (χ4n) is 1.93. The summed E-state index contributed by atoms with van der Waals surface area (Å²) in [5.41, 5.74) is 1.11. The standard InChI is InChI=1S/C17H18FN3O3/c1-11-3-4-12(9-14(11)18)16(22)19-7-8-20-17(23)13-5-6-15(24-2)21-10-13/h3-6,9-10H,7-8H2,1-2H3,(H,19,22)(H,20,23). The van der Waals surface area contributed by atoms with Crippen LogP contribution >= 0.6 is 0 Å². The molecule has 1 heterocycles. The van der Waals surface area contributed by atoms with Gasteiger partial charge < -0.3 is 15.4 Å². The van der Waals surface area contributed by atoms with Crippen LogP contribution in [0.3, 0.4) is 0 Å². The second-order valence-corrected chi connectivity index (χ2v) is 5.07. The zero-order valence-corrected chi connectivity index (χ0v) is 13.4. The van der Waals surface area contributed by atoms with Crippen molar-refractivity contribution in [2.75, 3.05) is 20.2 Å². The highest BCUT2D eigenvalue weighted by Gasteiger charge is 2.09. The Kier molecular flexibility index (Phi) is 5.83. The number of pyridine rings is 1. The first-order valence-corrected chi connectivity index (χ1v) is 7.34. The molecule has 0 saturated carbocycles. The monoisotopic (exact) mass is 331 g/mol. The molecule has 1 aromatic carbocycles. The third-order valence-electron chi connectivity index (χ3n) is 3.34. The summed E-state index contributed by atoms with van der Waals surface area (Å²) in [5.74, 6) is -0.706. The van der Waals surface area contributed by atoms with Crippen LogP contribution in [0.15, 0.2) is 36.5 Å². The number of carbonyl (C=O) groups excluding carboxylic acids is 2. The topological polar surface area (TPSA) is 80.3 Å². The molecular weight excluding hydrogens is 313 g/mol. The number of carbonyl (C=O) groups is 2. The molecule has 24 heavy (non-hydrogen) atoms. The molecule has 0 radical (unpaired) electrons. The molecule has 2 aromatic rings. The summed E-state index contributed by atoms with van der Waals surface area (Å²) in [6, 6.07) is 7.46. The molecule has 0 aliphatic carbocycles. The van der Waals surface area contributed by atoms with Crippen molar-refractivity contribution in [3.63, 3.8) is 0 Å². The highest BCUT2D eigenvalue weighted by atomic mass is 19.1. The summed E-state index contributed by atoms with van der Waals surface area (Å²) in [4.78, 5) is 27.7. The molecule has 0 aliphatic rings. The van der Waals surface area contributed by atoms with Gasteiger partial charge in [0.25, 0.3) is 11.8 Å². The number of benzene rings is 1. The van der Waals surface area contributed by atoms with Crippen molar-refractivity contribution < 1.29 is 18.7 Å². The van der Waals surface area contributed by atoms with E-state index in [0.29, 0.717) is 17.0 Å². The lowest BCUT2D eigenvalue weighted by molar-refractivity contribution is 0.0927. The molecule has 0 spiro atoms. The second kappa shape index (κ2) is 8.05. The van der Waals surface area contributed by atoms with Crippen LogP contribution in [0.5, 0.6) is 5.88 Å². The average molecular weight is 331 g/mol. The summed E-state index contributed by atoms with van der Waals surface area (Å²) in [6.45, 7) is 2.09. The summed E-state index contributed by atoms with van der Waals surface area (Å²) in [5, 5.41) is 5.27. The molecule has 2 rings (SSSR count). The summed E-state index contributed by atoms with van der Waals surface area (Å²) in [7, 11) is 1.49. The van der Waals surface area contributed by atoms with Gasteiger partial charge in [0, 0.05) is 30.9 Å². The molecule has 6 nitrogen and oxygen atoms in total. The second-order valence-electron chi connectivity index (χ2n) is 5.07. The fourth-order valence-corrected chi connectivity index (χ4v) is 1.93. The maximum absolute atomic E-state index is 13.4. The van der Waals surface area contributed by atoms with Crippen LogP contribution in [0.25, 0.3) is 0 Å². The van der Waals surface area contributed by atoms with Gasteiger partial charge in [0.15, 0.2) is 0 Å². The molecule has 0 unspecified atom stereocenters. The maximum Gasteiger partial charge on any atom is 0.252 e. The maximum atomic E-state index is 13.4. The van der Waals surface area contributed by atoms with E-state index in [-0.39, 0.29) is 24.6 Å². The number of nitrogens with zero attached hydrogens (tertiary/aromatic N) is 1. The predicted molar refractivity (Wildman–Crippen MR) is 86.6 cm³/mol. The molecule has 0 fully saturated rings. The minimum Gasteiger partial charge on any atom is -0.481 e. The minimum absolute atomic E-state index is 0.226. The van der Waals surface area contributed by atoms with Crippen molar-refractivity contribution in [3.8, 4) is 5.88 Å². The molecule has 1 aromatic heterocycles. The normalized spacial score (nSPS) is 10.1. The molecule has 0 aliphatic heterocycles. The van der Waals surface area contributed by atoms with Gasteiger partial charge in [0.2, 0.25) is 5.88 Å². The number of ether oxygens (including phenoxy) is 1. The van der Waals surface area contributed by atoms with E-state index in [9.17, 15) is 14.0 Å². The van der Waals surface area contributed by atoms with E-state index in [1.54, 1.807) is 31.2 Å². The number of hydrogen-bond acceptors (Lipinski definition) is 4. The van der Waals surface area contributed by atoms with Crippen molar-refractivity contribution in [1.29, 1.82) is 0 Å². The number of aryl methyl sites for hydroxylation is 1. The lowest BCUT2D eigenvalue weighted by Crippen LogP contribution is -2.34. The third kappa shape index (κ3) is 4.52. The number of halogens is 1. The molecule has 0 bridgehead atoms. The van der Waals surface area contributed by atoms with Crippen LogP contribution in [0, 0.1) is 12.7 Å². The molecule has 0 atom stereocenters. The Labute approximate surface area is 139 Å². The summed E-state index contributed by atoms with van der Waals surface area (Å²) in [6.07, 6.45) is 1.40. The number of nitrogens with one attached hydrogen (secondary N) is 2. The number of methoxy groups -OCH3 is 1. The van der Waals surface area contributed by atoms with Gasteiger partial charge in [-0.1, -0.05) is 6.07 Å². The Morgan fingerprint density at radius 1 is 1.08 bits per heavy atom. The Balaban J connectivity index is 1.78. The van der Waals surface area contributed by atoms with Gasteiger partial charge in [-0.15, -0.1) is 0 Å².